The summed E-state index contributed by atoms with van der Waals surface area (Å²) in [5.41, 5.74) is 2.26. The van der Waals surface area contributed by atoms with Crippen LogP contribution in [-0.2, 0) is 14.8 Å². The van der Waals surface area contributed by atoms with E-state index in [0.29, 0.717) is 11.6 Å². The van der Waals surface area contributed by atoms with Crippen molar-refractivity contribution in [1.82, 2.24) is 14.3 Å². The maximum absolute atomic E-state index is 12.0. The van der Waals surface area contributed by atoms with Crippen LogP contribution < -0.4 is 15.5 Å². The minimum Gasteiger partial charge on any atom is -0.356 e. The summed E-state index contributed by atoms with van der Waals surface area (Å²) in [6.45, 7) is 3.74. The summed E-state index contributed by atoms with van der Waals surface area (Å²) in [5, 5.41) is 5.89. The van der Waals surface area contributed by atoms with E-state index < -0.39 is 15.9 Å². The molecular weight excluding hydrogens is 404 g/mol. The molecule has 30 heavy (non-hydrogen) atoms. The maximum Gasteiger partial charge on any atom is 0.239 e. The summed E-state index contributed by atoms with van der Waals surface area (Å²) in [5.74, 6) is 1.06. The first-order valence-corrected chi connectivity index (χ1v) is 11.7. The highest BCUT2D eigenvalue weighted by Gasteiger charge is 2.16. The molecule has 0 aliphatic carbocycles. The Morgan fingerprint density at radius 1 is 1.10 bits per heavy atom. The molecule has 2 heterocycles. The first kappa shape index (κ1) is 22.0. The number of anilines is 4. The molecule has 2 N–H and O–H groups in total. The quantitative estimate of drug-likeness (QED) is 0.691. The van der Waals surface area contributed by atoms with Gasteiger partial charge in [0.25, 0.3) is 0 Å². The largest absolute Gasteiger partial charge is 0.356 e. The highest BCUT2D eigenvalue weighted by molar-refractivity contribution is 7.88. The number of likely N-dealkylation sites (N-methyl/N-ethyl adjacent to an activating group) is 1. The zero-order valence-corrected chi connectivity index (χ0v) is 18.4. The van der Waals surface area contributed by atoms with Crippen molar-refractivity contribution in [3.8, 4) is 0 Å². The molecule has 162 valence electrons. The predicted octanol–water partition coefficient (Wildman–Crippen LogP) is 2.35. The van der Waals surface area contributed by atoms with Gasteiger partial charge in [-0.3, -0.25) is 4.79 Å². The molecule has 1 amide bonds. The summed E-state index contributed by atoms with van der Waals surface area (Å²) in [6, 6.07) is 9.09. The molecule has 0 atom stereocenters. The number of carbonyl (C=O) groups excluding carboxylic acids is 1. The van der Waals surface area contributed by atoms with Crippen molar-refractivity contribution in [1.29, 1.82) is 0 Å². The van der Waals surface area contributed by atoms with Crippen molar-refractivity contribution in [2.45, 2.75) is 26.2 Å². The summed E-state index contributed by atoms with van der Waals surface area (Å²) >= 11 is 0. The first-order chi connectivity index (χ1) is 14.2. The van der Waals surface area contributed by atoms with Gasteiger partial charge in [0, 0.05) is 43.3 Å². The third kappa shape index (κ3) is 6.14. The van der Waals surface area contributed by atoms with Gasteiger partial charge >= 0.3 is 0 Å². The molecule has 9 nitrogen and oxygen atoms in total. The lowest BCUT2D eigenvalue weighted by Crippen LogP contribution is -2.34. The molecule has 0 bridgehead atoms. The van der Waals surface area contributed by atoms with Crippen LogP contribution in [0.25, 0.3) is 0 Å². The van der Waals surface area contributed by atoms with Gasteiger partial charge < -0.3 is 15.5 Å². The number of hydrogen-bond acceptors (Lipinski definition) is 7. The zero-order valence-electron chi connectivity index (χ0n) is 17.6. The van der Waals surface area contributed by atoms with Crippen molar-refractivity contribution in [2.24, 2.45) is 0 Å². The number of benzene rings is 1. The number of aryl methyl sites for hydroxylation is 1. The van der Waals surface area contributed by atoms with E-state index in [-0.39, 0.29) is 6.54 Å². The van der Waals surface area contributed by atoms with Crippen molar-refractivity contribution in [2.75, 3.05) is 48.5 Å². The van der Waals surface area contributed by atoms with Gasteiger partial charge in [0.15, 0.2) is 0 Å². The topological polar surface area (TPSA) is 108 Å². The molecule has 1 aromatic carbocycles. The van der Waals surface area contributed by atoms with Crippen LogP contribution >= 0.6 is 0 Å². The molecule has 0 radical (unpaired) electrons. The molecule has 2 aromatic rings. The fraction of sp³-hybridized carbons (Fsp3) is 0.450. The monoisotopic (exact) mass is 432 g/mol. The second kappa shape index (κ2) is 9.40. The van der Waals surface area contributed by atoms with E-state index >= 15 is 0 Å². The number of rotatable bonds is 7. The molecule has 10 heteroatoms. The Morgan fingerprint density at radius 2 is 1.73 bits per heavy atom. The Morgan fingerprint density at radius 3 is 2.37 bits per heavy atom. The Kier molecular flexibility index (Phi) is 6.88. The van der Waals surface area contributed by atoms with E-state index in [2.05, 4.69) is 25.5 Å². The van der Waals surface area contributed by atoms with Crippen LogP contribution in [0.5, 0.6) is 0 Å². The average Bonchev–Trinajstić information content (AvgIpc) is 2.69. The summed E-state index contributed by atoms with van der Waals surface area (Å²) in [4.78, 5) is 23.4. The number of hydrogen-bond donors (Lipinski definition) is 2. The lowest BCUT2D eigenvalue weighted by atomic mass is 10.1. The van der Waals surface area contributed by atoms with Gasteiger partial charge in [-0.15, -0.1) is 0 Å². The normalized spacial score (nSPS) is 14.6. The minimum absolute atomic E-state index is 0.241. The number of nitrogens with one attached hydrogen (secondary N) is 2. The predicted molar refractivity (Wildman–Crippen MR) is 119 cm³/mol. The molecule has 1 fully saturated rings. The van der Waals surface area contributed by atoms with E-state index in [9.17, 15) is 13.2 Å². The van der Waals surface area contributed by atoms with Crippen molar-refractivity contribution >= 4 is 39.1 Å². The van der Waals surface area contributed by atoms with Crippen LogP contribution in [0, 0.1) is 6.92 Å². The number of aromatic nitrogens is 2. The molecule has 1 aliphatic heterocycles. The van der Waals surface area contributed by atoms with Crippen molar-refractivity contribution in [3.05, 3.63) is 36.0 Å². The molecule has 1 saturated heterocycles. The van der Waals surface area contributed by atoms with Crippen LogP contribution in [-0.4, -0.2) is 61.5 Å². The van der Waals surface area contributed by atoms with Crippen LogP contribution in [0.4, 0.5) is 23.1 Å². The Hall–Kier alpha value is -2.72. The van der Waals surface area contributed by atoms with Gasteiger partial charge in [-0.2, -0.15) is 9.29 Å². The van der Waals surface area contributed by atoms with E-state index in [0.717, 1.165) is 40.8 Å². The standard InChI is InChI=1S/C20H28N6O3S/c1-15-13-18(26-11-5-4-6-12-26)24-20(21-15)23-17-9-7-16(8-10-17)22-19(27)14-25(2)30(3,28)29/h7-10,13H,4-6,11-12,14H2,1-3H3,(H,22,27)(H,21,23,24). The summed E-state index contributed by atoms with van der Waals surface area (Å²) in [7, 11) is -2.04. The van der Waals surface area contributed by atoms with E-state index in [1.165, 1.54) is 26.3 Å². The number of piperidine rings is 1. The number of sulfonamides is 1. The Bertz CT molecular complexity index is 988. The SMILES string of the molecule is Cc1cc(N2CCCCC2)nc(Nc2ccc(NC(=O)CN(C)S(C)(=O)=O)cc2)n1. The van der Waals surface area contributed by atoms with Crippen molar-refractivity contribution < 1.29 is 13.2 Å². The van der Waals surface area contributed by atoms with Crippen LogP contribution in [0.1, 0.15) is 25.0 Å². The van der Waals surface area contributed by atoms with Crippen molar-refractivity contribution in [3.63, 3.8) is 0 Å². The fourth-order valence-electron chi connectivity index (χ4n) is 3.18. The number of amides is 1. The second-order valence-corrected chi connectivity index (χ2v) is 9.60. The van der Waals surface area contributed by atoms with Gasteiger partial charge in [0.1, 0.15) is 5.82 Å². The smallest absolute Gasteiger partial charge is 0.239 e. The highest BCUT2D eigenvalue weighted by atomic mass is 32.2. The lowest BCUT2D eigenvalue weighted by molar-refractivity contribution is -0.116. The third-order valence-electron chi connectivity index (χ3n) is 4.88. The summed E-state index contributed by atoms with van der Waals surface area (Å²) in [6.07, 6.45) is 4.68. The molecule has 0 spiro atoms. The Labute approximate surface area is 177 Å². The maximum atomic E-state index is 12.0. The second-order valence-electron chi connectivity index (χ2n) is 7.51. The van der Waals surface area contributed by atoms with Gasteiger partial charge in [0.2, 0.25) is 21.9 Å². The lowest BCUT2D eigenvalue weighted by Gasteiger charge is -2.28. The number of nitrogens with zero attached hydrogens (tertiary/aromatic N) is 4. The number of carbonyl (C=O) groups is 1. The van der Waals surface area contributed by atoms with E-state index in [1.54, 1.807) is 12.1 Å². The highest BCUT2D eigenvalue weighted by Crippen LogP contribution is 2.22. The third-order valence-corrected chi connectivity index (χ3v) is 6.14. The molecule has 0 unspecified atom stereocenters. The van der Waals surface area contributed by atoms with Crippen LogP contribution in [0.3, 0.4) is 0 Å². The van der Waals surface area contributed by atoms with E-state index in [1.807, 2.05) is 25.1 Å². The molecular formula is C20H28N6O3S. The van der Waals surface area contributed by atoms with Crippen LogP contribution in [0.2, 0.25) is 0 Å². The van der Waals surface area contributed by atoms with Gasteiger partial charge in [-0.1, -0.05) is 0 Å². The fourth-order valence-corrected chi connectivity index (χ4v) is 3.53. The molecule has 1 aromatic heterocycles. The Balaban J connectivity index is 1.63. The zero-order chi connectivity index (χ0) is 21.7. The average molecular weight is 433 g/mol. The van der Waals surface area contributed by atoms with Gasteiger partial charge in [-0.25, -0.2) is 13.4 Å². The van der Waals surface area contributed by atoms with Gasteiger partial charge in [0.05, 0.1) is 12.8 Å². The molecule has 3 rings (SSSR count). The van der Waals surface area contributed by atoms with Crippen LogP contribution in [0.15, 0.2) is 30.3 Å². The van der Waals surface area contributed by atoms with E-state index in [4.69, 9.17) is 0 Å². The minimum atomic E-state index is -3.40. The summed E-state index contributed by atoms with van der Waals surface area (Å²) < 4.78 is 23.8. The molecule has 0 saturated carbocycles. The first-order valence-electron chi connectivity index (χ1n) is 9.89. The van der Waals surface area contributed by atoms with Gasteiger partial charge in [-0.05, 0) is 50.5 Å². The molecule has 1 aliphatic rings.